The predicted molar refractivity (Wildman–Crippen MR) is 124 cm³/mol. The standard InChI is InChI=1S/C26H29NO6/c1-16(14-23(28)29)13-22(24(30)33-26(2,3)4)27-25(31)32-15-21-19-11-7-5-9-17(19)18-10-6-8-12-20(18)21/h5-13,16,21H,14-15H2,1-4H3,(H,27,31)(H,28,29)/b22-13+. The van der Waals surface area contributed by atoms with Gasteiger partial charge in [-0.15, -0.1) is 0 Å². The van der Waals surface area contributed by atoms with Crippen LogP contribution < -0.4 is 5.32 Å². The third kappa shape index (κ3) is 6.22. The van der Waals surface area contributed by atoms with Crippen LogP contribution in [0.3, 0.4) is 0 Å². The van der Waals surface area contributed by atoms with Crippen molar-refractivity contribution < 1.29 is 29.0 Å². The SMILES string of the molecule is CC(/C=C(/NC(=O)OCC1c2ccccc2-c2ccccc21)C(=O)OC(C)(C)C)CC(=O)O. The molecular formula is C26H29NO6. The summed E-state index contributed by atoms with van der Waals surface area (Å²) in [6.07, 6.45) is 0.374. The highest BCUT2D eigenvalue weighted by molar-refractivity contribution is 5.92. The summed E-state index contributed by atoms with van der Waals surface area (Å²) in [5.74, 6) is -2.39. The molecule has 2 aromatic rings. The fraction of sp³-hybridized carbons (Fsp3) is 0.346. The zero-order chi connectivity index (χ0) is 24.2. The second-order valence-corrected chi connectivity index (χ2v) is 9.11. The van der Waals surface area contributed by atoms with Gasteiger partial charge in [-0.3, -0.25) is 10.1 Å². The summed E-state index contributed by atoms with van der Waals surface area (Å²) in [7, 11) is 0. The number of rotatable bonds is 7. The van der Waals surface area contributed by atoms with E-state index in [0.717, 1.165) is 22.3 Å². The van der Waals surface area contributed by atoms with Crippen molar-refractivity contribution in [2.75, 3.05) is 6.61 Å². The van der Waals surface area contributed by atoms with E-state index in [1.807, 2.05) is 48.5 Å². The minimum absolute atomic E-state index is 0.0894. The lowest BCUT2D eigenvalue weighted by Crippen LogP contribution is -2.34. The summed E-state index contributed by atoms with van der Waals surface area (Å²) in [6.45, 7) is 6.84. The Balaban J connectivity index is 1.73. The molecule has 0 spiro atoms. The number of amides is 1. The normalized spacial score (nSPS) is 14.1. The van der Waals surface area contributed by atoms with Crippen LogP contribution in [0, 0.1) is 5.92 Å². The molecular weight excluding hydrogens is 422 g/mol. The molecule has 7 heteroatoms. The highest BCUT2D eigenvalue weighted by Crippen LogP contribution is 2.44. The molecule has 2 N–H and O–H groups in total. The van der Waals surface area contributed by atoms with Crippen molar-refractivity contribution in [1.29, 1.82) is 0 Å². The number of carboxylic acid groups (broad SMARTS) is 1. The maximum absolute atomic E-state index is 12.6. The molecule has 1 amide bonds. The second kappa shape index (κ2) is 9.90. The third-order valence-electron chi connectivity index (χ3n) is 5.15. The first-order chi connectivity index (χ1) is 15.5. The number of carboxylic acids is 1. The van der Waals surface area contributed by atoms with Gasteiger partial charge in [-0.1, -0.05) is 55.5 Å². The highest BCUT2D eigenvalue weighted by atomic mass is 16.6. The molecule has 2 aromatic carbocycles. The van der Waals surface area contributed by atoms with E-state index in [0.29, 0.717) is 0 Å². The largest absolute Gasteiger partial charge is 0.481 e. The van der Waals surface area contributed by atoms with E-state index in [2.05, 4.69) is 5.32 Å². The predicted octanol–water partition coefficient (Wildman–Crippen LogP) is 4.86. The van der Waals surface area contributed by atoms with Crippen molar-refractivity contribution in [2.45, 2.75) is 45.6 Å². The Labute approximate surface area is 193 Å². The molecule has 1 unspecified atom stereocenters. The van der Waals surface area contributed by atoms with Gasteiger partial charge in [-0.05, 0) is 55.0 Å². The van der Waals surface area contributed by atoms with E-state index in [-0.39, 0.29) is 24.6 Å². The van der Waals surface area contributed by atoms with Crippen LogP contribution in [-0.2, 0) is 19.1 Å². The minimum atomic E-state index is -1.01. The zero-order valence-corrected chi connectivity index (χ0v) is 19.3. The maximum atomic E-state index is 12.6. The van der Waals surface area contributed by atoms with Gasteiger partial charge >= 0.3 is 18.0 Å². The smallest absolute Gasteiger partial charge is 0.411 e. The maximum Gasteiger partial charge on any atom is 0.411 e. The summed E-state index contributed by atoms with van der Waals surface area (Å²) in [4.78, 5) is 36.2. The fourth-order valence-electron chi connectivity index (χ4n) is 3.86. The molecule has 0 aromatic heterocycles. The van der Waals surface area contributed by atoms with E-state index >= 15 is 0 Å². The van der Waals surface area contributed by atoms with Crippen LogP contribution in [0.2, 0.25) is 0 Å². The van der Waals surface area contributed by atoms with Crippen LogP contribution in [0.5, 0.6) is 0 Å². The molecule has 1 aliphatic carbocycles. The van der Waals surface area contributed by atoms with E-state index in [1.54, 1.807) is 27.7 Å². The number of alkyl carbamates (subject to hydrolysis) is 1. The number of ether oxygens (including phenoxy) is 2. The number of allylic oxidation sites excluding steroid dienone is 1. The monoisotopic (exact) mass is 451 g/mol. The number of hydrogen-bond donors (Lipinski definition) is 2. The van der Waals surface area contributed by atoms with E-state index in [4.69, 9.17) is 14.6 Å². The second-order valence-electron chi connectivity index (χ2n) is 9.11. The number of esters is 1. The Kier molecular flexibility index (Phi) is 7.21. The average molecular weight is 452 g/mol. The molecule has 0 heterocycles. The molecule has 0 aliphatic heterocycles. The van der Waals surface area contributed by atoms with Gasteiger partial charge in [-0.25, -0.2) is 9.59 Å². The molecule has 0 fully saturated rings. The van der Waals surface area contributed by atoms with Crippen molar-refractivity contribution in [3.63, 3.8) is 0 Å². The Morgan fingerprint density at radius 1 is 1.03 bits per heavy atom. The van der Waals surface area contributed by atoms with Crippen molar-refractivity contribution in [3.05, 3.63) is 71.4 Å². The van der Waals surface area contributed by atoms with Crippen molar-refractivity contribution in [3.8, 4) is 11.1 Å². The molecule has 1 atom stereocenters. The van der Waals surface area contributed by atoms with Gasteiger partial charge in [0.25, 0.3) is 0 Å². The molecule has 0 radical (unpaired) electrons. The van der Waals surface area contributed by atoms with Crippen LogP contribution in [0.25, 0.3) is 11.1 Å². The Morgan fingerprint density at radius 3 is 2.09 bits per heavy atom. The van der Waals surface area contributed by atoms with E-state index in [1.165, 1.54) is 6.08 Å². The van der Waals surface area contributed by atoms with Crippen molar-refractivity contribution >= 4 is 18.0 Å². The lowest BCUT2D eigenvalue weighted by Gasteiger charge is -2.21. The van der Waals surface area contributed by atoms with E-state index < -0.39 is 29.6 Å². The van der Waals surface area contributed by atoms with Crippen LogP contribution in [-0.4, -0.2) is 35.3 Å². The topological polar surface area (TPSA) is 102 Å². The number of hydrogen-bond acceptors (Lipinski definition) is 5. The van der Waals surface area contributed by atoms with Gasteiger partial charge in [0, 0.05) is 5.92 Å². The first-order valence-corrected chi connectivity index (χ1v) is 10.8. The van der Waals surface area contributed by atoms with Crippen LogP contribution in [0.1, 0.15) is 51.2 Å². The summed E-state index contributed by atoms with van der Waals surface area (Å²) >= 11 is 0. The number of carbonyl (C=O) groups is 3. The minimum Gasteiger partial charge on any atom is -0.481 e. The molecule has 33 heavy (non-hydrogen) atoms. The zero-order valence-electron chi connectivity index (χ0n) is 19.3. The molecule has 1 aliphatic rings. The summed E-state index contributed by atoms with van der Waals surface area (Å²) in [6, 6.07) is 16.0. The summed E-state index contributed by atoms with van der Waals surface area (Å²) in [5.41, 5.74) is 3.44. The third-order valence-corrected chi connectivity index (χ3v) is 5.15. The van der Waals surface area contributed by atoms with Gasteiger partial charge < -0.3 is 14.6 Å². The Hall–Kier alpha value is -3.61. The van der Waals surface area contributed by atoms with Gasteiger partial charge in [0.2, 0.25) is 0 Å². The van der Waals surface area contributed by atoms with Crippen molar-refractivity contribution in [1.82, 2.24) is 5.32 Å². The number of carbonyl (C=O) groups excluding carboxylic acids is 2. The lowest BCUT2D eigenvalue weighted by atomic mass is 9.98. The van der Waals surface area contributed by atoms with Gasteiger partial charge in [-0.2, -0.15) is 0 Å². The van der Waals surface area contributed by atoms with Crippen molar-refractivity contribution in [2.24, 2.45) is 5.92 Å². The molecule has 174 valence electrons. The molecule has 3 rings (SSSR count). The lowest BCUT2D eigenvalue weighted by molar-refractivity contribution is -0.150. The fourth-order valence-corrected chi connectivity index (χ4v) is 3.86. The van der Waals surface area contributed by atoms with E-state index in [9.17, 15) is 14.4 Å². The summed E-state index contributed by atoms with van der Waals surface area (Å²) in [5, 5.41) is 11.5. The summed E-state index contributed by atoms with van der Waals surface area (Å²) < 4.78 is 10.9. The van der Waals surface area contributed by atoms with Gasteiger partial charge in [0.1, 0.15) is 17.9 Å². The van der Waals surface area contributed by atoms with Gasteiger partial charge in [0.15, 0.2) is 0 Å². The van der Waals surface area contributed by atoms with Crippen LogP contribution >= 0.6 is 0 Å². The van der Waals surface area contributed by atoms with Gasteiger partial charge in [0.05, 0.1) is 6.42 Å². The number of fused-ring (bicyclic) bond motifs is 3. The highest BCUT2D eigenvalue weighted by Gasteiger charge is 2.29. The first kappa shape index (κ1) is 24.0. The molecule has 7 nitrogen and oxygen atoms in total. The molecule has 0 bridgehead atoms. The van der Waals surface area contributed by atoms with Crippen LogP contribution in [0.15, 0.2) is 60.3 Å². The Bertz CT molecular complexity index is 1040. The average Bonchev–Trinajstić information content (AvgIpc) is 3.04. The quantitative estimate of drug-likeness (QED) is 0.460. The Morgan fingerprint density at radius 2 is 1.58 bits per heavy atom. The number of benzene rings is 2. The first-order valence-electron chi connectivity index (χ1n) is 10.8. The van der Waals surface area contributed by atoms with Crippen LogP contribution in [0.4, 0.5) is 4.79 Å². The molecule has 0 saturated heterocycles. The number of nitrogens with one attached hydrogen (secondary N) is 1. The molecule has 0 saturated carbocycles. The number of aliphatic carboxylic acids is 1.